The Morgan fingerprint density at radius 1 is 1.47 bits per heavy atom. The minimum atomic E-state index is -1.05. The Hall–Kier alpha value is -1.39. The molecule has 1 aromatic rings. The Balaban J connectivity index is 2.41. The monoisotopic (exact) mass is 209 g/mol. The molecule has 82 valence electrons. The van der Waals surface area contributed by atoms with Gasteiger partial charge < -0.3 is 15.6 Å². The summed E-state index contributed by atoms with van der Waals surface area (Å²) in [5, 5.41) is 8.64. The summed E-state index contributed by atoms with van der Waals surface area (Å²) in [6.07, 6.45) is -0.497. The van der Waals surface area contributed by atoms with Crippen LogP contribution in [0.2, 0.25) is 0 Å². The van der Waals surface area contributed by atoms with Crippen LogP contribution in [0.1, 0.15) is 12.5 Å². The smallest absolute Gasteiger partial charge is 0.323 e. The lowest BCUT2D eigenvalue weighted by Gasteiger charge is -2.16. The highest BCUT2D eigenvalue weighted by Crippen LogP contribution is 2.05. The second kappa shape index (κ2) is 5.48. The van der Waals surface area contributed by atoms with E-state index in [1.807, 2.05) is 30.3 Å². The van der Waals surface area contributed by atoms with E-state index in [1.54, 1.807) is 6.92 Å². The van der Waals surface area contributed by atoms with Gasteiger partial charge in [0, 0.05) is 0 Å². The minimum Gasteiger partial charge on any atom is -0.480 e. The van der Waals surface area contributed by atoms with E-state index in [-0.39, 0.29) is 0 Å². The number of hydrogen-bond acceptors (Lipinski definition) is 3. The van der Waals surface area contributed by atoms with Crippen LogP contribution in [0.15, 0.2) is 30.3 Å². The van der Waals surface area contributed by atoms with Gasteiger partial charge in [-0.15, -0.1) is 0 Å². The number of hydrogen-bond donors (Lipinski definition) is 2. The maximum absolute atomic E-state index is 10.5. The molecule has 0 unspecified atom stereocenters. The van der Waals surface area contributed by atoms with Gasteiger partial charge in [-0.1, -0.05) is 30.3 Å². The van der Waals surface area contributed by atoms with Crippen molar-refractivity contribution in [1.82, 2.24) is 0 Å². The fraction of sp³-hybridized carbons (Fsp3) is 0.364. The third kappa shape index (κ3) is 3.69. The van der Waals surface area contributed by atoms with Crippen LogP contribution in [0.25, 0.3) is 0 Å². The average Bonchev–Trinajstić information content (AvgIpc) is 2.26. The Morgan fingerprint density at radius 3 is 2.60 bits per heavy atom. The summed E-state index contributed by atoms with van der Waals surface area (Å²) in [7, 11) is 0. The van der Waals surface area contributed by atoms with E-state index in [1.165, 1.54) is 0 Å². The topological polar surface area (TPSA) is 72.5 Å². The number of ether oxygens (including phenoxy) is 1. The van der Waals surface area contributed by atoms with Gasteiger partial charge in [-0.2, -0.15) is 0 Å². The average molecular weight is 209 g/mol. The third-order valence-electron chi connectivity index (χ3n) is 2.15. The molecule has 1 rings (SSSR count). The lowest BCUT2D eigenvalue weighted by atomic mass is 10.2. The zero-order valence-corrected chi connectivity index (χ0v) is 8.59. The normalized spacial score (nSPS) is 14.5. The summed E-state index contributed by atoms with van der Waals surface area (Å²) in [4.78, 5) is 10.5. The van der Waals surface area contributed by atoms with Crippen molar-refractivity contribution in [3.63, 3.8) is 0 Å². The number of carboxylic acid groups (broad SMARTS) is 1. The van der Waals surface area contributed by atoms with E-state index >= 15 is 0 Å². The molecule has 0 aliphatic carbocycles. The van der Waals surface area contributed by atoms with Crippen LogP contribution >= 0.6 is 0 Å². The Bertz CT molecular complexity index is 313. The Kier molecular flexibility index (Phi) is 4.27. The van der Waals surface area contributed by atoms with Crippen molar-refractivity contribution < 1.29 is 14.6 Å². The molecule has 0 radical (unpaired) electrons. The highest BCUT2D eigenvalue weighted by molar-refractivity contribution is 5.73. The van der Waals surface area contributed by atoms with Crippen molar-refractivity contribution in [2.75, 3.05) is 0 Å². The number of carboxylic acids is 1. The highest BCUT2D eigenvalue weighted by Gasteiger charge is 2.20. The predicted molar refractivity (Wildman–Crippen MR) is 56.3 cm³/mol. The molecule has 0 saturated heterocycles. The van der Waals surface area contributed by atoms with Crippen LogP contribution < -0.4 is 5.73 Å². The number of nitrogens with two attached hydrogens (primary N) is 1. The zero-order valence-electron chi connectivity index (χ0n) is 8.59. The van der Waals surface area contributed by atoms with E-state index in [0.29, 0.717) is 6.61 Å². The molecule has 0 fully saturated rings. The first kappa shape index (κ1) is 11.7. The van der Waals surface area contributed by atoms with Crippen molar-refractivity contribution in [2.24, 2.45) is 5.73 Å². The number of rotatable bonds is 5. The molecular weight excluding hydrogens is 194 g/mol. The lowest BCUT2D eigenvalue weighted by Crippen LogP contribution is -2.41. The fourth-order valence-corrected chi connectivity index (χ4v) is 1.11. The van der Waals surface area contributed by atoms with Crippen LogP contribution in [-0.2, 0) is 16.1 Å². The van der Waals surface area contributed by atoms with Crippen molar-refractivity contribution in [2.45, 2.75) is 25.7 Å². The second-order valence-corrected chi connectivity index (χ2v) is 3.37. The molecule has 0 heterocycles. The molecule has 4 nitrogen and oxygen atoms in total. The van der Waals surface area contributed by atoms with Crippen LogP contribution in [0.3, 0.4) is 0 Å². The maximum atomic E-state index is 10.5. The van der Waals surface area contributed by atoms with Crippen LogP contribution in [-0.4, -0.2) is 23.2 Å². The fourth-order valence-electron chi connectivity index (χ4n) is 1.11. The Morgan fingerprint density at radius 2 is 2.07 bits per heavy atom. The van der Waals surface area contributed by atoms with Gasteiger partial charge in [0.2, 0.25) is 0 Å². The largest absolute Gasteiger partial charge is 0.480 e. The molecule has 4 heteroatoms. The Labute approximate surface area is 88.7 Å². The van der Waals surface area contributed by atoms with Crippen molar-refractivity contribution >= 4 is 5.97 Å². The zero-order chi connectivity index (χ0) is 11.3. The lowest BCUT2D eigenvalue weighted by molar-refractivity contribution is -0.142. The highest BCUT2D eigenvalue weighted by atomic mass is 16.5. The molecule has 0 spiro atoms. The summed E-state index contributed by atoms with van der Waals surface area (Å²) < 4.78 is 5.35. The first-order chi connectivity index (χ1) is 7.11. The predicted octanol–water partition coefficient (Wildman–Crippen LogP) is 1.00. The van der Waals surface area contributed by atoms with Crippen molar-refractivity contribution in [3.05, 3.63) is 35.9 Å². The van der Waals surface area contributed by atoms with E-state index in [9.17, 15) is 4.79 Å². The molecule has 3 N–H and O–H groups in total. The summed E-state index contributed by atoms with van der Waals surface area (Å²) in [6.45, 7) is 2.03. The SMILES string of the molecule is C[C@@H](OCc1ccccc1)[C@H](N)C(=O)O. The van der Waals surface area contributed by atoms with E-state index < -0.39 is 18.1 Å². The van der Waals surface area contributed by atoms with E-state index in [4.69, 9.17) is 15.6 Å². The van der Waals surface area contributed by atoms with Crippen molar-refractivity contribution in [3.8, 4) is 0 Å². The van der Waals surface area contributed by atoms with E-state index in [2.05, 4.69) is 0 Å². The summed E-state index contributed by atoms with van der Waals surface area (Å²) in [5.74, 6) is -1.05. The van der Waals surface area contributed by atoms with Crippen LogP contribution in [0, 0.1) is 0 Å². The van der Waals surface area contributed by atoms with Gasteiger partial charge in [0.1, 0.15) is 6.04 Å². The minimum absolute atomic E-state index is 0.378. The number of aliphatic carboxylic acids is 1. The molecule has 2 atom stereocenters. The first-order valence-electron chi connectivity index (χ1n) is 4.75. The van der Waals surface area contributed by atoms with Gasteiger partial charge in [-0.3, -0.25) is 4.79 Å². The van der Waals surface area contributed by atoms with Gasteiger partial charge in [0.05, 0.1) is 12.7 Å². The van der Waals surface area contributed by atoms with Gasteiger partial charge >= 0.3 is 5.97 Å². The molecule has 15 heavy (non-hydrogen) atoms. The molecule has 0 aliphatic rings. The van der Waals surface area contributed by atoms with E-state index in [0.717, 1.165) is 5.56 Å². The molecule has 0 aromatic heterocycles. The molecule has 0 saturated carbocycles. The number of benzene rings is 1. The third-order valence-corrected chi connectivity index (χ3v) is 2.15. The standard InChI is InChI=1S/C11H15NO3/c1-8(10(12)11(13)14)15-7-9-5-3-2-4-6-9/h2-6,8,10H,7,12H2,1H3,(H,13,14)/t8-,10+/m1/s1. The molecule has 1 aromatic carbocycles. The first-order valence-corrected chi connectivity index (χ1v) is 4.75. The van der Waals surface area contributed by atoms with Crippen LogP contribution in [0.5, 0.6) is 0 Å². The van der Waals surface area contributed by atoms with Crippen LogP contribution in [0.4, 0.5) is 0 Å². The molecule has 0 bridgehead atoms. The molecule has 0 aliphatic heterocycles. The van der Waals surface area contributed by atoms with Gasteiger partial charge in [-0.05, 0) is 12.5 Å². The molecule has 0 amide bonds. The number of carbonyl (C=O) groups is 1. The maximum Gasteiger partial charge on any atom is 0.323 e. The molecular formula is C11H15NO3. The van der Waals surface area contributed by atoms with Crippen molar-refractivity contribution in [1.29, 1.82) is 0 Å². The summed E-state index contributed by atoms with van der Waals surface area (Å²) >= 11 is 0. The second-order valence-electron chi connectivity index (χ2n) is 3.37. The summed E-state index contributed by atoms with van der Waals surface area (Å²) in [5.41, 5.74) is 6.40. The van der Waals surface area contributed by atoms with Gasteiger partial charge in [0.25, 0.3) is 0 Å². The van der Waals surface area contributed by atoms with Gasteiger partial charge in [-0.25, -0.2) is 0 Å². The quantitative estimate of drug-likeness (QED) is 0.759. The van der Waals surface area contributed by atoms with Gasteiger partial charge in [0.15, 0.2) is 0 Å². The summed E-state index contributed by atoms with van der Waals surface area (Å²) in [6, 6.07) is 8.57.